The lowest BCUT2D eigenvalue weighted by Gasteiger charge is -2.18. The van der Waals surface area contributed by atoms with E-state index in [0.29, 0.717) is 18.0 Å². The van der Waals surface area contributed by atoms with Crippen LogP contribution in [0.25, 0.3) is 0 Å². The van der Waals surface area contributed by atoms with Crippen LogP contribution in [0.1, 0.15) is 39.7 Å². The number of nitrogens with one attached hydrogen (secondary N) is 3. The van der Waals surface area contributed by atoms with Crippen LogP contribution in [0.4, 0.5) is 16.2 Å². The highest BCUT2D eigenvalue weighted by Gasteiger charge is 2.11. The summed E-state index contributed by atoms with van der Waals surface area (Å²) in [5.41, 5.74) is 2.38. The van der Waals surface area contributed by atoms with Crippen molar-refractivity contribution in [3.8, 4) is 0 Å². The zero-order chi connectivity index (χ0) is 16.0. The maximum absolute atomic E-state index is 11.9. The van der Waals surface area contributed by atoms with E-state index in [2.05, 4.69) is 29.8 Å². The molecule has 0 aliphatic rings. The van der Waals surface area contributed by atoms with E-state index in [1.165, 1.54) is 0 Å². The highest BCUT2D eigenvalue weighted by molar-refractivity contribution is 5.93. The molecular formula is C16H25N3O2. The van der Waals surface area contributed by atoms with E-state index in [-0.39, 0.29) is 18.0 Å². The van der Waals surface area contributed by atoms with Gasteiger partial charge in [-0.1, -0.05) is 20.8 Å². The lowest BCUT2D eigenvalue weighted by atomic mass is 10.1. The van der Waals surface area contributed by atoms with Crippen LogP contribution in [0.5, 0.6) is 0 Å². The Balaban J connectivity index is 2.67. The molecule has 21 heavy (non-hydrogen) atoms. The fraction of sp³-hybridized carbons (Fsp3) is 0.500. The highest BCUT2D eigenvalue weighted by Crippen LogP contribution is 2.20. The van der Waals surface area contributed by atoms with Crippen LogP contribution in [-0.4, -0.2) is 18.0 Å². The van der Waals surface area contributed by atoms with E-state index in [0.717, 1.165) is 11.3 Å². The van der Waals surface area contributed by atoms with Gasteiger partial charge < -0.3 is 16.0 Å². The Hall–Kier alpha value is -2.04. The van der Waals surface area contributed by atoms with E-state index in [1.807, 2.05) is 19.9 Å². The molecular weight excluding hydrogens is 266 g/mol. The Labute approximate surface area is 126 Å². The molecule has 1 aromatic rings. The molecule has 0 unspecified atom stereocenters. The molecule has 1 rings (SSSR count). The lowest BCUT2D eigenvalue weighted by Crippen LogP contribution is -2.39. The molecule has 5 nitrogen and oxygen atoms in total. The zero-order valence-corrected chi connectivity index (χ0v) is 13.4. The Morgan fingerprint density at radius 3 is 2.33 bits per heavy atom. The van der Waals surface area contributed by atoms with Crippen LogP contribution in [0.15, 0.2) is 18.2 Å². The number of aryl methyl sites for hydroxylation is 1. The summed E-state index contributed by atoms with van der Waals surface area (Å²) in [4.78, 5) is 23.2. The van der Waals surface area contributed by atoms with Crippen LogP contribution >= 0.6 is 0 Å². The molecule has 0 fully saturated rings. The van der Waals surface area contributed by atoms with Crippen LogP contribution in [0.2, 0.25) is 0 Å². The lowest BCUT2D eigenvalue weighted by molar-refractivity contribution is -0.115. The molecule has 0 bridgehead atoms. The van der Waals surface area contributed by atoms with Gasteiger partial charge in [0.1, 0.15) is 0 Å². The number of benzene rings is 1. The summed E-state index contributed by atoms with van der Waals surface area (Å²) in [7, 11) is 0. The second-order valence-electron chi connectivity index (χ2n) is 5.56. The third-order valence-corrected chi connectivity index (χ3v) is 3.44. The Morgan fingerprint density at radius 1 is 1.14 bits per heavy atom. The number of anilines is 2. The normalized spacial score (nSPS) is 11.9. The monoisotopic (exact) mass is 291 g/mol. The number of carbonyl (C=O) groups excluding carboxylic acids is 2. The second kappa shape index (κ2) is 7.67. The van der Waals surface area contributed by atoms with Gasteiger partial charge in [0.2, 0.25) is 5.91 Å². The molecule has 0 saturated heterocycles. The highest BCUT2D eigenvalue weighted by atomic mass is 16.2. The molecule has 3 amide bonds. The van der Waals surface area contributed by atoms with Crippen molar-refractivity contribution < 1.29 is 9.59 Å². The number of carbonyl (C=O) groups is 2. The van der Waals surface area contributed by atoms with Crippen molar-refractivity contribution >= 4 is 23.3 Å². The Kier molecular flexibility index (Phi) is 6.21. The molecule has 0 aliphatic heterocycles. The van der Waals surface area contributed by atoms with Crippen LogP contribution in [0.3, 0.4) is 0 Å². The van der Waals surface area contributed by atoms with Crippen LogP contribution in [-0.2, 0) is 4.79 Å². The van der Waals surface area contributed by atoms with E-state index < -0.39 is 0 Å². The fourth-order valence-electron chi connectivity index (χ4n) is 1.66. The third-order valence-electron chi connectivity index (χ3n) is 3.44. The van der Waals surface area contributed by atoms with Gasteiger partial charge in [-0.25, -0.2) is 4.79 Å². The number of amides is 3. The third kappa shape index (κ3) is 5.45. The van der Waals surface area contributed by atoms with E-state index in [4.69, 9.17) is 0 Å². The van der Waals surface area contributed by atoms with Crippen molar-refractivity contribution in [2.75, 3.05) is 10.6 Å². The van der Waals surface area contributed by atoms with Crippen LogP contribution < -0.4 is 16.0 Å². The van der Waals surface area contributed by atoms with Gasteiger partial charge in [0.05, 0.1) is 0 Å². The molecule has 1 atom stereocenters. The first kappa shape index (κ1) is 17.0. The van der Waals surface area contributed by atoms with E-state index in [9.17, 15) is 9.59 Å². The Morgan fingerprint density at radius 2 is 1.81 bits per heavy atom. The van der Waals surface area contributed by atoms with Gasteiger partial charge >= 0.3 is 6.03 Å². The van der Waals surface area contributed by atoms with Gasteiger partial charge in [-0.15, -0.1) is 0 Å². The van der Waals surface area contributed by atoms with Crippen molar-refractivity contribution in [1.29, 1.82) is 0 Å². The predicted octanol–water partition coefficient (Wildman–Crippen LogP) is 3.51. The van der Waals surface area contributed by atoms with Crippen molar-refractivity contribution in [2.24, 2.45) is 5.92 Å². The minimum Gasteiger partial charge on any atom is -0.335 e. The maximum atomic E-state index is 11.9. The van der Waals surface area contributed by atoms with Gasteiger partial charge in [-0.2, -0.15) is 0 Å². The van der Waals surface area contributed by atoms with Gasteiger partial charge in [-0.3, -0.25) is 4.79 Å². The number of rotatable bonds is 5. The minimum atomic E-state index is -0.221. The van der Waals surface area contributed by atoms with Crippen molar-refractivity contribution in [2.45, 2.75) is 47.1 Å². The molecule has 0 radical (unpaired) electrons. The smallest absolute Gasteiger partial charge is 0.319 e. The molecule has 3 N–H and O–H groups in total. The largest absolute Gasteiger partial charge is 0.335 e. The second-order valence-corrected chi connectivity index (χ2v) is 5.56. The minimum absolute atomic E-state index is 0.0256. The summed E-state index contributed by atoms with van der Waals surface area (Å²) in [5, 5.41) is 8.50. The SMILES string of the molecule is CCC(=O)Nc1ccc(NC(=O)N[C@@H](C)C(C)C)cc1C. The summed E-state index contributed by atoms with van der Waals surface area (Å²) in [5.74, 6) is 0.353. The topological polar surface area (TPSA) is 70.2 Å². The fourth-order valence-corrected chi connectivity index (χ4v) is 1.66. The molecule has 5 heteroatoms. The van der Waals surface area contributed by atoms with E-state index in [1.54, 1.807) is 19.1 Å². The average Bonchev–Trinajstić information content (AvgIpc) is 2.41. The van der Waals surface area contributed by atoms with Gasteiger partial charge in [0, 0.05) is 23.8 Å². The van der Waals surface area contributed by atoms with Gasteiger partial charge in [0.25, 0.3) is 0 Å². The first-order valence-corrected chi connectivity index (χ1v) is 7.31. The van der Waals surface area contributed by atoms with Gasteiger partial charge in [0.15, 0.2) is 0 Å². The quantitative estimate of drug-likeness (QED) is 0.777. The molecule has 1 aromatic carbocycles. The zero-order valence-electron chi connectivity index (χ0n) is 13.4. The molecule has 0 spiro atoms. The molecule has 0 aromatic heterocycles. The van der Waals surface area contributed by atoms with Crippen molar-refractivity contribution in [3.05, 3.63) is 23.8 Å². The Bertz CT molecular complexity index is 512. The van der Waals surface area contributed by atoms with Crippen LogP contribution in [0, 0.1) is 12.8 Å². The molecule has 0 aliphatic carbocycles. The molecule has 0 heterocycles. The summed E-state index contributed by atoms with van der Waals surface area (Å²) in [6.07, 6.45) is 0.439. The molecule has 116 valence electrons. The first-order chi connectivity index (χ1) is 9.83. The number of hydrogen-bond donors (Lipinski definition) is 3. The van der Waals surface area contributed by atoms with E-state index >= 15 is 0 Å². The predicted molar refractivity (Wildman–Crippen MR) is 86.6 cm³/mol. The summed E-state index contributed by atoms with van der Waals surface area (Å²) < 4.78 is 0. The summed E-state index contributed by atoms with van der Waals surface area (Å²) in [6, 6.07) is 5.29. The number of urea groups is 1. The van der Waals surface area contributed by atoms with Crippen molar-refractivity contribution in [1.82, 2.24) is 5.32 Å². The van der Waals surface area contributed by atoms with Gasteiger partial charge in [-0.05, 0) is 43.5 Å². The summed E-state index contributed by atoms with van der Waals surface area (Å²) >= 11 is 0. The maximum Gasteiger partial charge on any atom is 0.319 e. The first-order valence-electron chi connectivity index (χ1n) is 7.31. The average molecular weight is 291 g/mol. The standard InChI is InChI=1S/C16H25N3O2/c1-6-15(20)19-14-8-7-13(9-11(14)4)18-16(21)17-12(5)10(2)3/h7-10,12H,6H2,1-5H3,(H,19,20)(H2,17,18,21)/t12-/m0/s1. The number of hydrogen-bond acceptors (Lipinski definition) is 2. The van der Waals surface area contributed by atoms with Crippen molar-refractivity contribution in [3.63, 3.8) is 0 Å². The molecule has 0 saturated carbocycles. The summed E-state index contributed by atoms with van der Waals surface area (Å²) in [6.45, 7) is 9.78.